The lowest BCUT2D eigenvalue weighted by atomic mass is 9.81. The minimum Gasteiger partial charge on any atom is -0.497 e. The molecule has 3 aromatic carbocycles. The van der Waals surface area contributed by atoms with E-state index in [1.807, 2.05) is 11.0 Å². The summed E-state index contributed by atoms with van der Waals surface area (Å²) in [5, 5.41) is 0. The molecule has 0 heterocycles. The molecule has 0 unspecified atom stereocenters. The summed E-state index contributed by atoms with van der Waals surface area (Å²) in [6.45, 7) is 5.24. The Bertz CT molecular complexity index is 1120. The van der Waals surface area contributed by atoms with Crippen LogP contribution >= 0.6 is 0 Å². The van der Waals surface area contributed by atoms with Crippen LogP contribution in [0.5, 0.6) is 5.75 Å². The van der Waals surface area contributed by atoms with Crippen LogP contribution in [0.15, 0.2) is 66.7 Å². The molecular formula is C30H36N2O2. The Kier molecular flexibility index (Phi) is 7.38. The van der Waals surface area contributed by atoms with E-state index in [9.17, 15) is 4.79 Å². The molecule has 4 heteroatoms. The first kappa shape index (κ1) is 24.0. The van der Waals surface area contributed by atoms with Gasteiger partial charge < -0.3 is 9.64 Å². The van der Waals surface area contributed by atoms with E-state index in [0.29, 0.717) is 5.92 Å². The lowest BCUT2D eigenvalue weighted by Crippen LogP contribution is -2.33. The molecule has 0 fully saturated rings. The molecule has 0 N–H and O–H groups in total. The lowest BCUT2D eigenvalue weighted by molar-refractivity contribution is -0.119. The highest BCUT2D eigenvalue weighted by Crippen LogP contribution is 2.38. The first-order chi connectivity index (χ1) is 16.4. The second-order valence-corrected chi connectivity index (χ2v) is 9.83. The number of hydrogen-bond donors (Lipinski definition) is 0. The summed E-state index contributed by atoms with van der Waals surface area (Å²) in [6, 6.07) is 23.0. The van der Waals surface area contributed by atoms with Crippen molar-refractivity contribution in [3.05, 3.63) is 89.0 Å². The molecule has 4 rings (SSSR count). The first-order valence-corrected chi connectivity index (χ1v) is 12.2. The number of rotatable bonds is 7. The molecule has 0 radical (unpaired) electrons. The van der Waals surface area contributed by atoms with E-state index >= 15 is 0 Å². The van der Waals surface area contributed by atoms with Crippen molar-refractivity contribution in [1.29, 1.82) is 0 Å². The van der Waals surface area contributed by atoms with Gasteiger partial charge in [-0.05, 0) is 97.9 Å². The molecule has 1 aliphatic carbocycles. The minimum atomic E-state index is -0.190. The number of benzene rings is 3. The molecule has 3 aromatic rings. The van der Waals surface area contributed by atoms with Gasteiger partial charge in [-0.3, -0.25) is 9.69 Å². The average molecular weight is 457 g/mol. The van der Waals surface area contributed by atoms with Gasteiger partial charge in [-0.15, -0.1) is 0 Å². The van der Waals surface area contributed by atoms with Gasteiger partial charge in [0.05, 0.1) is 13.0 Å². The van der Waals surface area contributed by atoms with Crippen LogP contribution in [-0.4, -0.2) is 32.0 Å². The number of methoxy groups -OCH3 is 1. The molecule has 1 atom stereocenters. The second kappa shape index (κ2) is 10.4. The Labute approximate surface area is 204 Å². The summed E-state index contributed by atoms with van der Waals surface area (Å²) in [5.74, 6) is 1.18. The van der Waals surface area contributed by atoms with Gasteiger partial charge in [0.1, 0.15) is 5.75 Å². The summed E-state index contributed by atoms with van der Waals surface area (Å²) in [7, 11) is 5.81. The first-order valence-electron chi connectivity index (χ1n) is 12.2. The zero-order valence-electron chi connectivity index (χ0n) is 21.0. The zero-order valence-corrected chi connectivity index (χ0v) is 21.0. The van der Waals surface area contributed by atoms with Crippen molar-refractivity contribution < 1.29 is 9.53 Å². The third kappa shape index (κ3) is 5.18. The molecule has 0 aromatic heterocycles. The summed E-state index contributed by atoms with van der Waals surface area (Å²) in [4.78, 5) is 18.3. The van der Waals surface area contributed by atoms with Gasteiger partial charge in [0.25, 0.3) is 0 Å². The second-order valence-electron chi connectivity index (χ2n) is 9.83. The van der Waals surface area contributed by atoms with Crippen molar-refractivity contribution in [3.63, 3.8) is 0 Å². The number of aryl methyl sites for hydroxylation is 1. The molecule has 34 heavy (non-hydrogen) atoms. The van der Waals surface area contributed by atoms with Crippen LogP contribution in [0, 0.1) is 0 Å². The van der Waals surface area contributed by atoms with Gasteiger partial charge in [0.15, 0.2) is 0 Å². The van der Waals surface area contributed by atoms with Crippen molar-refractivity contribution in [1.82, 2.24) is 4.90 Å². The number of nitrogens with zero attached hydrogens (tertiary/aromatic N) is 2. The third-order valence-electron chi connectivity index (χ3n) is 6.70. The van der Waals surface area contributed by atoms with E-state index in [-0.39, 0.29) is 11.8 Å². The van der Waals surface area contributed by atoms with E-state index in [0.717, 1.165) is 48.5 Å². The number of ether oxygens (including phenoxy) is 1. The minimum absolute atomic E-state index is 0.117. The van der Waals surface area contributed by atoms with E-state index in [4.69, 9.17) is 4.74 Å². The summed E-state index contributed by atoms with van der Waals surface area (Å²) >= 11 is 0. The summed E-state index contributed by atoms with van der Waals surface area (Å²) in [5.41, 5.74) is 6.66. The van der Waals surface area contributed by atoms with Crippen molar-refractivity contribution >= 4 is 17.3 Å². The Hall–Kier alpha value is -3.11. The van der Waals surface area contributed by atoms with E-state index in [1.165, 1.54) is 16.7 Å². The predicted molar refractivity (Wildman–Crippen MR) is 140 cm³/mol. The quantitative estimate of drug-likeness (QED) is 0.398. The van der Waals surface area contributed by atoms with Crippen LogP contribution < -0.4 is 9.64 Å². The topological polar surface area (TPSA) is 32.8 Å². The Morgan fingerprint density at radius 1 is 0.971 bits per heavy atom. The predicted octanol–water partition coefficient (Wildman–Crippen LogP) is 6.67. The van der Waals surface area contributed by atoms with Crippen LogP contribution in [0.4, 0.5) is 11.4 Å². The Balaban J connectivity index is 1.75. The fraction of sp³-hybridized carbons (Fsp3) is 0.367. The molecule has 0 bridgehead atoms. The largest absolute Gasteiger partial charge is 0.497 e. The maximum Gasteiger partial charge on any atom is 0.239 e. The van der Waals surface area contributed by atoms with Crippen molar-refractivity contribution in [2.45, 2.75) is 51.5 Å². The molecule has 1 amide bonds. The maximum absolute atomic E-state index is 14.2. The standard InChI is InChI=1S/C30H36N2O2/c1-21(2)23-11-16-26(17-12-23)32(25-14-9-22(10-15-25)20-31(3)4)30(33)28-8-6-7-24-13-18-27(34-5)19-29(24)28/h9-19,21,28H,6-8,20H2,1-5H3/t28-/m1/s1. The molecule has 0 spiro atoms. The molecule has 0 saturated heterocycles. The monoisotopic (exact) mass is 456 g/mol. The maximum atomic E-state index is 14.2. The third-order valence-corrected chi connectivity index (χ3v) is 6.70. The fourth-order valence-corrected chi connectivity index (χ4v) is 4.84. The number of hydrogen-bond acceptors (Lipinski definition) is 3. The van der Waals surface area contributed by atoms with Gasteiger partial charge in [-0.2, -0.15) is 0 Å². The van der Waals surface area contributed by atoms with E-state index < -0.39 is 0 Å². The average Bonchev–Trinajstić information content (AvgIpc) is 2.84. The van der Waals surface area contributed by atoms with Gasteiger partial charge >= 0.3 is 0 Å². The van der Waals surface area contributed by atoms with Crippen LogP contribution in [-0.2, 0) is 17.8 Å². The molecule has 0 saturated carbocycles. The van der Waals surface area contributed by atoms with Crippen molar-refractivity contribution in [2.24, 2.45) is 0 Å². The van der Waals surface area contributed by atoms with Crippen molar-refractivity contribution in [3.8, 4) is 5.75 Å². The summed E-state index contributed by atoms with van der Waals surface area (Å²) in [6.07, 6.45) is 2.86. The van der Waals surface area contributed by atoms with Crippen molar-refractivity contribution in [2.75, 3.05) is 26.1 Å². The number of carbonyl (C=O) groups excluding carboxylic acids is 1. The highest BCUT2D eigenvalue weighted by Gasteiger charge is 2.32. The zero-order chi connectivity index (χ0) is 24.2. The number of amides is 1. The molecule has 4 nitrogen and oxygen atoms in total. The number of anilines is 2. The van der Waals surface area contributed by atoms with Gasteiger partial charge in [0.2, 0.25) is 5.91 Å². The highest BCUT2D eigenvalue weighted by atomic mass is 16.5. The van der Waals surface area contributed by atoms with Crippen LogP contribution in [0.25, 0.3) is 0 Å². The molecule has 0 aliphatic heterocycles. The van der Waals surface area contributed by atoms with Gasteiger partial charge in [-0.25, -0.2) is 0 Å². The van der Waals surface area contributed by atoms with Gasteiger partial charge in [0, 0.05) is 17.9 Å². The lowest BCUT2D eigenvalue weighted by Gasteiger charge is -2.31. The highest BCUT2D eigenvalue weighted by molar-refractivity contribution is 6.04. The number of fused-ring (bicyclic) bond motifs is 1. The molecular weight excluding hydrogens is 420 g/mol. The smallest absolute Gasteiger partial charge is 0.239 e. The summed E-state index contributed by atoms with van der Waals surface area (Å²) < 4.78 is 5.49. The fourth-order valence-electron chi connectivity index (χ4n) is 4.84. The molecule has 178 valence electrons. The Morgan fingerprint density at radius 2 is 1.62 bits per heavy atom. The van der Waals surface area contributed by atoms with E-state index in [1.54, 1.807) is 7.11 Å². The van der Waals surface area contributed by atoms with Crippen LogP contribution in [0.3, 0.4) is 0 Å². The van der Waals surface area contributed by atoms with Crippen LogP contribution in [0.2, 0.25) is 0 Å². The SMILES string of the molecule is COc1ccc2c(c1)[C@H](C(=O)N(c1ccc(CN(C)C)cc1)c1ccc(C(C)C)cc1)CCC2. The van der Waals surface area contributed by atoms with E-state index in [2.05, 4.69) is 93.5 Å². The normalized spacial score (nSPS) is 15.3. The van der Waals surface area contributed by atoms with Gasteiger partial charge in [-0.1, -0.05) is 44.2 Å². The number of carbonyl (C=O) groups is 1. The Morgan fingerprint density at radius 3 is 2.21 bits per heavy atom. The molecule has 1 aliphatic rings. The van der Waals surface area contributed by atoms with Crippen LogP contribution in [0.1, 0.15) is 60.8 Å².